The van der Waals surface area contributed by atoms with Crippen LogP contribution < -0.4 is 11.1 Å². The van der Waals surface area contributed by atoms with Crippen LogP contribution in [0, 0.1) is 0 Å². The number of pyridine rings is 1. The minimum absolute atomic E-state index is 0.480. The highest BCUT2D eigenvalue weighted by Gasteiger charge is 2.39. The van der Waals surface area contributed by atoms with Gasteiger partial charge in [0.05, 0.1) is 17.6 Å². The zero-order valence-corrected chi connectivity index (χ0v) is 18.6. The number of rotatable bonds is 4. The Hall–Kier alpha value is -3.25. The summed E-state index contributed by atoms with van der Waals surface area (Å²) in [7, 11) is 0. The molecule has 1 aliphatic carbocycles. The second kappa shape index (κ2) is 7.39. The average molecular weight is 437 g/mol. The number of anilines is 1. The summed E-state index contributed by atoms with van der Waals surface area (Å²) in [6.07, 6.45) is 11.1. The van der Waals surface area contributed by atoms with Crippen LogP contribution in [0.25, 0.3) is 28.0 Å². The molecule has 0 spiro atoms. The van der Waals surface area contributed by atoms with Crippen LogP contribution in [-0.4, -0.2) is 31.7 Å². The van der Waals surface area contributed by atoms with Crippen molar-refractivity contribution in [2.45, 2.75) is 62.4 Å². The molecule has 0 amide bonds. The van der Waals surface area contributed by atoms with Gasteiger partial charge in [0, 0.05) is 46.5 Å². The molecule has 7 rings (SSSR count). The van der Waals surface area contributed by atoms with Gasteiger partial charge in [-0.25, -0.2) is 4.98 Å². The van der Waals surface area contributed by atoms with E-state index in [9.17, 15) is 0 Å². The van der Waals surface area contributed by atoms with Crippen LogP contribution in [0.1, 0.15) is 61.6 Å². The number of hydrogen-bond donors (Lipinski definition) is 2. The van der Waals surface area contributed by atoms with Crippen LogP contribution in [0.3, 0.4) is 0 Å². The smallest absolute Gasteiger partial charge is 0.165 e. The van der Waals surface area contributed by atoms with Crippen LogP contribution in [0.2, 0.25) is 0 Å². The topological polar surface area (TPSA) is 81.1 Å². The van der Waals surface area contributed by atoms with E-state index in [0.29, 0.717) is 23.9 Å². The molecule has 6 nitrogen and oxygen atoms in total. The van der Waals surface area contributed by atoms with Gasteiger partial charge in [-0.3, -0.25) is 4.98 Å². The maximum Gasteiger partial charge on any atom is 0.165 e. The van der Waals surface area contributed by atoms with E-state index in [2.05, 4.69) is 34.7 Å². The molecular weight excluding hydrogens is 408 g/mol. The quantitative estimate of drug-likeness (QED) is 0.475. The van der Waals surface area contributed by atoms with Gasteiger partial charge < -0.3 is 11.1 Å². The van der Waals surface area contributed by atoms with Crippen molar-refractivity contribution in [3.8, 4) is 22.4 Å². The monoisotopic (exact) mass is 436 g/mol. The van der Waals surface area contributed by atoms with Crippen LogP contribution in [-0.2, 0) is 0 Å². The first-order chi connectivity index (χ1) is 16.2. The lowest BCUT2D eigenvalue weighted by molar-refractivity contribution is 0.357. The molecule has 2 saturated heterocycles. The number of fused-ring (bicyclic) bond motifs is 3. The van der Waals surface area contributed by atoms with Crippen molar-refractivity contribution in [3.05, 3.63) is 66.1 Å². The Morgan fingerprint density at radius 3 is 2.33 bits per heavy atom. The molecule has 1 aromatic carbocycles. The fourth-order valence-corrected chi connectivity index (χ4v) is 5.96. The fourth-order valence-electron chi connectivity index (χ4n) is 5.96. The van der Waals surface area contributed by atoms with E-state index < -0.39 is 0 Å². The van der Waals surface area contributed by atoms with E-state index in [1.165, 1.54) is 36.9 Å². The molecule has 2 bridgehead atoms. The summed E-state index contributed by atoms with van der Waals surface area (Å²) in [6, 6.07) is 15.7. The van der Waals surface area contributed by atoms with Gasteiger partial charge in [0.2, 0.25) is 0 Å². The summed E-state index contributed by atoms with van der Waals surface area (Å²) in [4.78, 5) is 10.0. The number of piperidine rings is 1. The van der Waals surface area contributed by atoms with Crippen molar-refractivity contribution < 1.29 is 0 Å². The molecule has 6 heteroatoms. The lowest BCUT2D eigenvalue weighted by Crippen LogP contribution is -2.37. The average Bonchev–Trinajstić information content (AvgIpc) is 3.51. The minimum Gasteiger partial charge on any atom is -0.383 e. The van der Waals surface area contributed by atoms with Gasteiger partial charge in [-0.2, -0.15) is 9.61 Å². The summed E-state index contributed by atoms with van der Waals surface area (Å²) in [5.41, 5.74) is 14.2. The van der Waals surface area contributed by atoms with E-state index in [1.54, 1.807) is 0 Å². The van der Waals surface area contributed by atoms with Crippen LogP contribution in [0.15, 0.2) is 54.9 Å². The standard InChI is InChI=1S/C27H28N6/c28-26-24(17-6-7-17)25(19-12-20-9-10-21(13-19)31-20)32-27-22(15-30-33(26)27)18-8-11-23(29-14-18)16-4-2-1-3-5-16/h1-5,8,11,14-15,17,19-21,31H,6-7,9-10,12-13,28H2/t19-,20+,21-. The van der Waals surface area contributed by atoms with Gasteiger partial charge >= 0.3 is 0 Å². The highest BCUT2D eigenvalue weighted by molar-refractivity contribution is 5.79. The van der Waals surface area contributed by atoms with Gasteiger partial charge in [-0.15, -0.1) is 0 Å². The first-order valence-corrected chi connectivity index (χ1v) is 12.2. The second-order valence-corrected chi connectivity index (χ2v) is 9.97. The lowest BCUT2D eigenvalue weighted by atomic mass is 9.86. The molecule has 33 heavy (non-hydrogen) atoms. The SMILES string of the molecule is Nc1c(C2CC2)c([C@H]2C[C@H]3CC[C@@H](C2)N3)nc2c(-c3ccc(-c4ccccc4)nc3)cnn12. The van der Waals surface area contributed by atoms with Crippen LogP contribution in [0.4, 0.5) is 5.82 Å². The Labute approximate surface area is 193 Å². The number of nitrogens with one attached hydrogen (secondary N) is 1. The Balaban J connectivity index is 1.32. The molecule has 0 radical (unpaired) electrons. The van der Waals surface area contributed by atoms with Crippen molar-refractivity contribution in [1.82, 2.24) is 24.9 Å². The maximum atomic E-state index is 6.77. The number of nitrogen functional groups attached to an aromatic ring is 1. The molecule has 5 heterocycles. The fraction of sp³-hybridized carbons (Fsp3) is 0.370. The van der Waals surface area contributed by atoms with Crippen molar-refractivity contribution in [2.24, 2.45) is 0 Å². The lowest BCUT2D eigenvalue weighted by Gasteiger charge is -2.30. The molecule has 4 aromatic rings. The van der Waals surface area contributed by atoms with E-state index in [0.717, 1.165) is 46.7 Å². The number of hydrogen-bond acceptors (Lipinski definition) is 5. The molecular formula is C27H28N6. The van der Waals surface area contributed by atoms with Gasteiger partial charge in [0.15, 0.2) is 5.65 Å². The molecule has 0 unspecified atom stereocenters. The van der Waals surface area contributed by atoms with E-state index in [4.69, 9.17) is 15.7 Å². The van der Waals surface area contributed by atoms with Crippen molar-refractivity contribution in [3.63, 3.8) is 0 Å². The molecule has 3 aliphatic rings. The molecule has 1 saturated carbocycles. The summed E-state index contributed by atoms with van der Waals surface area (Å²) < 4.78 is 1.85. The van der Waals surface area contributed by atoms with E-state index >= 15 is 0 Å². The van der Waals surface area contributed by atoms with Crippen molar-refractivity contribution >= 4 is 11.5 Å². The highest BCUT2D eigenvalue weighted by Crippen LogP contribution is 2.48. The molecule has 2 aliphatic heterocycles. The van der Waals surface area contributed by atoms with Gasteiger partial charge in [-0.05, 0) is 50.5 Å². The first-order valence-electron chi connectivity index (χ1n) is 12.2. The second-order valence-electron chi connectivity index (χ2n) is 9.97. The van der Waals surface area contributed by atoms with Gasteiger partial charge in [0.1, 0.15) is 5.82 Å². The summed E-state index contributed by atoms with van der Waals surface area (Å²) in [5, 5.41) is 8.44. The van der Waals surface area contributed by atoms with E-state index in [-0.39, 0.29) is 0 Å². The Morgan fingerprint density at radius 2 is 1.64 bits per heavy atom. The normalized spacial score (nSPS) is 24.4. The van der Waals surface area contributed by atoms with Crippen LogP contribution in [0.5, 0.6) is 0 Å². The Morgan fingerprint density at radius 1 is 0.848 bits per heavy atom. The zero-order chi connectivity index (χ0) is 21.9. The molecule has 3 atom stereocenters. The predicted molar refractivity (Wildman–Crippen MR) is 130 cm³/mol. The third kappa shape index (κ3) is 3.23. The van der Waals surface area contributed by atoms with Crippen molar-refractivity contribution in [2.75, 3.05) is 5.73 Å². The van der Waals surface area contributed by atoms with Gasteiger partial charge in [0.25, 0.3) is 0 Å². The minimum atomic E-state index is 0.480. The zero-order valence-electron chi connectivity index (χ0n) is 18.6. The Kier molecular flexibility index (Phi) is 4.31. The number of benzene rings is 1. The maximum absolute atomic E-state index is 6.77. The number of nitrogens with zero attached hydrogens (tertiary/aromatic N) is 4. The molecule has 3 aromatic heterocycles. The third-order valence-electron chi connectivity index (χ3n) is 7.74. The highest BCUT2D eigenvalue weighted by atomic mass is 15.3. The number of nitrogens with two attached hydrogens (primary N) is 1. The first kappa shape index (κ1) is 19.2. The van der Waals surface area contributed by atoms with Gasteiger partial charge in [-0.1, -0.05) is 36.4 Å². The number of aromatic nitrogens is 4. The molecule has 166 valence electrons. The predicted octanol–water partition coefficient (Wildman–Crippen LogP) is 4.92. The third-order valence-corrected chi connectivity index (χ3v) is 7.74. The van der Waals surface area contributed by atoms with E-state index in [1.807, 2.05) is 35.1 Å². The van der Waals surface area contributed by atoms with Crippen molar-refractivity contribution in [1.29, 1.82) is 0 Å². The largest absolute Gasteiger partial charge is 0.383 e. The Bertz CT molecular complexity index is 1310. The summed E-state index contributed by atoms with van der Waals surface area (Å²) in [6.45, 7) is 0. The summed E-state index contributed by atoms with van der Waals surface area (Å²) >= 11 is 0. The molecule has 3 N–H and O–H groups in total. The summed E-state index contributed by atoms with van der Waals surface area (Å²) in [5.74, 6) is 1.81. The molecule has 3 fully saturated rings. The van der Waals surface area contributed by atoms with Crippen LogP contribution >= 0.6 is 0 Å².